The van der Waals surface area contributed by atoms with E-state index in [9.17, 15) is 0 Å². The van der Waals surface area contributed by atoms with Crippen molar-refractivity contribution in [3.63, 3.8) is 0 Å². The van der Waals surface area contributed by atoms with E-state index < -0.39 is 29.4 Å². The van der Waals surface area contributed by atoms with E-state index in [2.05, 4.69) is 161 Å². The molecule has 34 heavy (non-hydrogen) atoms. The molecule has 0 heterocycles. The molecule has 0 fully saturated rings. The van der Waals surface area contributed by atoms with Crippen LogP contribution >= 0.6 is 0 Å². The van der Waals surface area contributed by atoms with Gasteiger partial charge in [0.2, 0.25) is 0 Å². The van der Waals surface area contributed by atoms with Crippen molar-refractivity contribution in [2.45, 2.75) is 39.3 Å². The number of rotatable bonds is 7. The molecule has 0 saturated heterocycles. The van der Waals surface area contributed by atoms with Crippen molar-refractivity contribution in [2.24, 2.45) is 0 Å². The molecule has 4 rings (SSSR count). The summed E-state index contributed by atoms with van der Waals surface area (Å²) < 4.78 is 0. The van der Waals surface area contributed by atoms with Crippen molar-refractivity contribution in [3.8, 4) is 0 Å². The number of hydrogen-bond acceptors (Lipinski definition) is 0. The number of hydrogen-bond donors (Lipinski definition) is 0. The van der Waals surface area contributed by atoms with E-state index in [4.69, 9.17) is 0 Å². The van der Waals surface area contributed by atoms with Crippen LogP contribution in [0.4, 0.5) is 0 Å². The molecule has 4 aromatic carbocycles. The lowest BCUT2D eigenvalue weighted by molar-refractivity contribution is 1.68. The van der Waals surface area contributed by atoms with Crippen molar-refractivity contribution in [3.05, 3.63) is 121 Å². The Bertz CT molecular complexity index is 1030. The maximum absolute atomic E-state index is 2.84. The standard InChI is InChI=1S/C30H38Si4/c1-31(2,3)34(6,32(4,27-19-11-7-12-20-27)28-21-13-8-14-22-28)33(5,29-23-15-9-16-24-29)30-25-17-10-18-26-30/h7-26H,1-6H3. The predicted molar refractivity (Wildman–Crippen MR) is 163 cm³/mol. The largest absolute Gasteiger partial charge is 0.104 e. The van der Waals surface area contributed by atoms with Gasteiger partial charge >= 0.3 is 0 Å². The first-order valence-electron chi connectivity index (χ1n) is 12.4. The average Bonchev–Trinajstić information content (AvgIpc) is 2.88. The van der Waals surface area contributed by atoms with Gasteiger partial charge in [-0.05, 0) is 0 Å². The fraction of sp³-hybridized carbons (Fsp3) is 0.200. The van der Waals surface area contributed by atoms with Crippen molar-refractivity contribution in [1.82, 2.24) is 0 Å². The molecule has 0 aliphatic rings. The third-order valence-electron chi connectivity index (χ3n) is 8.90. The van der Waals surface area contributed by atoms with Gasteiger partial charge in [-0.1, -0.05) is 181 Å². The van der Waals surface area contributed by atoms with Crippen molar-refractivity contribution < 1.29 is 0 Å². The summed E-state index contributed by atoms with van der Waals surface area (Å²) in [6.45, 7) is 14.4. The van der Waals surface area contributed by atoms with Crippen LogP contribution < -0.4 is 20.7 Å². The van der Waals surface area contributed by atoms with Crippen LogP contribution in [0, 0.1) is 0 Å². The van der Waals surface area contributed by atoms with E-state index in [1.54, 1.807) is 20.7 Å². The van der Waals surface area contributed by atoms with Crippen molar-refractivity contribution >= 4 is 50.1 Å². The van der Waals surface area contributed by atoms with Crippen LogP contribution in [-0.4, -0.2) is 29.4 Å². The predicted octanol–water partition coefficient (Wildman–Crippen LogP) is 5.42. The third-order valence-corrected chi connectivity index (χ3v) is 77.8. The van der Waals surface area contributed by atoms with E-state index in [0.717, 1.165) is 0 Å². The summed E-state index contributed by atoms with van der Waals surface area (Å²) in [5, 5.41) is 6.46. The highest BCUT2D eigenvalue weighted by molar-refractivity contribution is 7.95. The zero-order valence-corrected chi connectivity index (χ0v) is 25.5. The highest BCUT2D eigenvalue weighted by Gasteiger charge is 2.67. The quantitative estimate of drug-likeness (QED) is 0.291. The smallest absolute Gasteiger partial charge is 0.0734 e. The maximum atomic E-state index is 2.84. The molecule has 0 nitrogen and oxygen atoms in total. The van der Waals surface area contributed by atoms with Gasteiger partial charge in [-0.2, -0.15) is 0 Å². The molecule has 4 heteroatoms. The lowest BCUT2D eigenvalue weighted by Crippen LogP contribution is -2.95. The van der Waals surface area contributed by atoms with Crippen LogP contribution in [0.3, 0.4) is 0 Å². The highest BCUT2D eigenvalue weighted by Crippen LogP contribution is 2.37. The summed E-state index contributed by atoms with van der Waals surface area (Å²) in [7, 11) is -5.91. The molecule has 174 valence electrons. The molecule has 0 atom stereocenters. The first-order chi connectivity index (χ1) is 16.2. The monoisotopic (exact) mass is 510 g/mol. The van der Waals surface area contributed by atoms with Gasteiger partial charge in [0.05, 0.1) is 6.63 Å². The minimum Gasteiger partial charge on any atom is -0.0734 e. The normalized spacial score (nSPS) is 13.0. The van der Waals surface area contributed by atoms with Gasteiger partial charge in [-0.15, -0.1) is 0 Å². The second-order valence-electron chi connectivity index (χ2n) is 11.1. The Kier molecular flexibility index (Phi) is 6.89. The molecular weight excluding hydrogens is 473 g/mol. The minimum atomic E-state index is -2.13. The summed E-state index contributed by atoms with van der Waals surface area (Å²) in [5.74, 6) is 0. The summed E-state index contributed by atoms with van der Waals surface area (Å²) in [4.78, 5) is 0. The molecule has 0 aromatic heterocycles. The molecule has 0 N–H and O–H groups in total. The van der Waals surface area contributed by atoms with Crippen LogP contribution in [0.5, 0.6) is 0 Å². The van der Waals surface area contributed by atoms with Gasteiger partial charge in [-0.25, -0.2) is 0 Å². The van der Waals surface area contributed by atoms with Crippen LogP contribution in [0.15, 0.2) is 121 Å². The fourth-order valence-corrected chi connectivity index (χ4v) is 84.3. The van der Waals surface area contributed by atoms with Gasteiger partial charge in [0.1, 0.15) is 15.2 Å². The Morgan fingerprint density at radius 2 is 0.529 bits per heavy atom. The SMILES string of the molecule is C[Si](C)(C)[Si](C)([Si](C)(c1ccccc1)c1ccccc1)[Si](C)(c1ccccc1)c1ccccc1. The van der Waals surface area contributed by atoms with Gasteiger partial charge in [0.15, 0.2) is 0 Å². The second-order valence-corrected chi connectivity index (χ2v) is 48.6. The van der Waals surface area contributed by atoms with Crippen LogP contribution in [0.1, 0.15) is 0 Å². The lowest BCUT2D eigenvalue weighted by Gasteiger charge is -2.60. The van der Waals surface area contributed by atoms with Crippen molar-refractivity contribution in [2.75, 3.05) is 0 Å². The highest BCUT2D eigenvalue weighted by atomic mass is 29.9. The number of benzene rings is 4. The molecule has 0 unspecified atom stereocenters. The Hall–Kier alpha value is -2.25. The Balaban J connectivity index is 2.19. The molecule has 0 spiro atoms. The Labute approximate surface area is 210 Å². The van der Waals surface area contributed by atoms with E-state index in [1.807, 2.05) is 0 Å². The second kappa shape index (κ2) is 9.42. The van der Waals surface area contributed by atoms with Gasteiger partial charge in [0.25, 0.3) is 0 Å². The van der Waals surface area contributed by atoms with E-state index in [-0.39, 0.29) is 0 Å². The molecule has 0 aliphatic heterocycles. The topological polar surface area (TPSA) is 0 Å². The van der Waals surface area contributed by atoms with E-state index in [0.29, 0.717) is 0 Å². The van der Waals surface area contributed by atoms with Gasteiger partial charge in [-0.3, -0.25) is 0 Å². The van der Waals surface area contributed by atoms with Gasteiger partial charge in [0, 0.05) is 7.59 Å². The molecule has 0 saturated carbocycles. The van der Waals surface area contributed by atoms with E-state index in [1.165, 1.54) is 0 Å². The summed E-state index contributed by atoms with van der Waals surface area (Å²) in [5.41, 5.74) is 0. The first kappa shape index (κ1) is 24.9. The summed E-state index contributed by atoms with van der Waals surface area (Å²) in [6, 6.07) is 46.5. The zero-order chi connectivity index (χ0) is 24.5. The van der Waals surface area contributed by atoms with Crippen molar-refractivity contribution in [1.29, 1.82) is 0 Å². The lowest BCUT2D eigenvalue weighted by atomic mass is 10.4. The Morgan fingerprint density at radius 3 is 0.706 bits per heavy atom. The summed E-state index contributed by atoms with van der Waals surface area (Å²) >= 11 is 0. The molecule has 4 aromatic rings. The third kappa shape index (κ3) is 3.77. The van der Waals surface area contributed by atoms with Crippen LogP contribution in [0.2, 0.25) is 39.3 Å². The molecule has 0 amide bonds. The first-order valence-corrected chi connectivity index (χ1v) is 26.4. The van der Waals surface area contributed by atoms with Crippen LogP contribution in [-0.2, 0) is 0 Å². The molecule has 0 aliphatic carbocycles. The fourth-order valence-electron chi connectivity index (χ4n) is 6.57. The average molecular weight is 511 g/mol. The Morgan fingerprint density at radius 1 is 0.324 bits per heavy atom. The summed E-state index contributed by atoms with van der Waals surface area (Å²) in [6.07, 6.45) is 0. The molecule has 0 radical (unpaired) electrons. The van der Waals surface area contributed by atoms with Crippen LogP contribution in [0.25, 0.3) is 0 Å². The molecule has 0 bridgehead atoms. The maximum Gasteiger partial charge on any atom is 0.104 e. The van der Waals surface area contributed by atoms with E-state index >= 15 is 0 Å². The zero-order valence-electron chi connectivity index (χ0n) is 21.5. The van der Waals surface area contributed by atoms with Gasteiger partial charge < -0.3 is 0 Å². The molecular formula is C30H38Si4. The minimum absolute atomic E-state index is 1.61.